The first-order valence-electron chi connectivity index (χ1n) is 11.2. The van der Waals surface area contributed by atoms with Crippen molar-refractivity contribution in [1.82, 2.24) is 19.7 Å². The van der Waals surface area contributed by atoms with E-state index in [1.807, 2.05) is 32.2 Å². The van der Waals surface area contributed by atoms with Crippen molar-refractivity contribution in [2.24, 2.45) is 13.0 Å². The van der Waals surface area contributed by atoms with Crippen LogP contribution >= 0.6 is 11.8 Å². The van der Waals surface area contributed by atoms with Gasteiger partial charge in [-0.2, -0.15) is 0 Å². The number of rotatable bonds is 11. The summed E-state index contributed by atoms with van der Waals surface area (Å²) >= 11 is 1.75. The smallest absolute Gasteiger partial charge is 0.191 e. The predicted octanol–water partition coefficient (Wildman–Crippen LogP) is 5.24. The van der Waals surface area contributed by atoms with E-state index in [2.05, 4.69) is 38.8 Å². The van der Waals surface area contributed by atoms with Crippen molar-refractivity contribution in [3.63, 3.8) is 0 Å². The van der Waals surface area contributed by atoms with Gasteiger partial charge in [-0.15, -0.1) is 10.2 Å². The molecular formula is C25H31FN4OS. The molecule has 1 aliphatic carbocycles. The molecule has 1 saturated carbocycles. The number of nitrogens with zero attached hydrogens (tertiary/aromatic N) is 4. The normalized spacial score (nSPS) is 17.7. The Kier molecular flexibility index (Phi) is 7.48. The summed E-state index contributed by atoms with van der Waals surface area (Å²) in [7, 11) is 4.19. The lowest BCUT2D eigenvalue weighted by Crippen LogP contribution is -2.23. The zero-order valence-corrected chi connectivity index (χ0v) is 19.8. The largest absolute Gasteiger partial charge is 0.494 e. The van der Waals surface area contributed by atoms with Crippen molar-refractivity contribution in [2.45, 2.75) is 30.8 Å². The summed E-state index contributed by atoms with van der Waals surface area (Å²) < 4.78 is 21.5. The summed E-state index contributed by atoms with van der Waals surface area (Å²) in [5.74, 6) is 3.52. The summed E-state index contributed by atoms with van der Waals surface area (Å²) in [5.41, 5.74) is 2.11. The molecule has 1 fully saturated rings. The average molecular weight is 455 g/mol. The molecule has 5 nitrogen and oxygen atoms in total. The molecule has 3 aromatic rings. The second kappa shape index (κ2) is 10.5. The Hall–Kier alpha value is -2.38. The Bertz CT molecular complexity index is 1030. The first kappa shape index (κ1) is 22.8. The van der Waals surface area contributed by atoms with Crippen LogP contribution in [0.4, 0.5) is 4.39 Å². The van der Waals surface area contributed by atoms with Crippen LogP contribution in [-0.4, -0.2) is 52.2 Å². The molecule has 4 rings (SSSR count). The van der Waals surface area contributed by atoms with Crippen molar-refractivity contribution >= 4 is 11.8 Å². The Morgan fingerprint density at radius 1 is 1.19 bits per heavy atom. The third-order valence-electron chi connectivity index (χ3n) is 5.92. The minimum absolute atomic E-state index is 0.182. The summed E-state index contributed by atoms with van der Waals surface area (Å²) in [6.07, 6.45) is 2.18. The molecule has 0 N–H and O–H groups in total. The average Bonchev–Trinajstić information content (AvgIpc) is 3.45. The van der Waals surface area contributed by atoms with E-state index < -0.39 is 0 Å². The Morgan fingerprint density at radius 3 is 2.78 bits per heavy atom. The quantitative estimate of drug-likeness (QED) is 0.293. The molecule has 0 bridgehead atoms. The second-order valence-electron chi connectivity index (χ2n) is 8.41. The maximum absolute atomic E-state index is 13.8. The van der Waals surface area contributed by atoms with E-state index >= 15 is 0 Å². The molecule has 1 heterocycles. The van der Waals surface area contributed by atoms with Gasteiger partial charge in [-0.3, -0.25) is 0 Å². The summed E-state index contributed by atoms with van der Waals surface area (Å²) in [6.45, 7) is 4.62. The molecular weight excluding hydrogens is 423 g/mol. The van der Waals surface area contributed by atoms with Crippen LogP contribution < -0.4 is 4.74 Å². The predicted molar refractivity (Wildman–Crippen MR) is 128 cm³/mol. The fourth-order valence-corrected chi connectivity index (χ4v) is 5.03. The number of halogens is 1. The molecule has 0 amide bonds. The lowest BCUT2D eigenvalue weighted by atomic mass is 10.1. The second-order valence-corrected chi connectivity index (χ2v) is 9.47. The molecule has 2 atom stereocenters. The topological polar surface area (TPSA) is 43.2 Å². The van der Waals surface area contributed by atoms with Gasteiger partial charge in [0.25, 0.3) is 0 Å². The first-order chi connectivity index (χ1) is 15.6. The van der Waals surface area contributed by atoms with Crippen LogP contribution in [0.5, 0.6) is 5.75 Å². The van der Waals surface area contributed by atoms with Gasteiger partial charge in [-0.1, -0.05) is 42.1 Å². The van der Waals surface area contributed by atoms with Gasteiger partial charge in [0.2, 0.25) is 0 Å². The molecule has 7 heteroatoms. The van der Waals surface area contributed by atoms with Crippen molar-refractivity contribution in [1.29, 1.82) is 0 Å². The molecule has 1 aliphatic rings. The Balaban J connectivity index is 1.21. The maximum Gasteiger partial charge on any atom is 0.191 e. The van der Waals surface area contributed by atoms with Crippen LogP contribution in [0.15, 0.2) is 53.7 Å². The maximum atomic E-state index is 13.8. The Labute approximate surface area is 194 Å². The van der Waals surface area contributed by atoms with Crippen molar-refractivity contribution in [3.05, 3.63) is 59.9 Å². The monoisotopic (exact) mass is 454 g/mol. The standard InChI is InChI=1S/C25H31FN4OS/c1-4-31-23-12-11-20(26)16-22(23)21-15-19(21)17-29(2)13-8-14-32-25-28-27-24(30(25)3)18-9-6-5-7-10-18/h5-7,9-12,16,19,21H,4,8,13-15,17H2,1-3H3. The van der Waals surface area contributed by atoms with E-state index in [-0.39, 0.29) is 5.82 Å². The van der Waals surface area contributed by atoms with Crippen LogP contribution in [0.2, 0.25) is 0 Å². The van der Waals surface area contributed by atoms with Gasteiger partial charge in [0.15, 0.2) is 11.0 Å². The molecule has 0 spiro atoms. The molecule has 0 radical (unpaired) electrons. The fourth-order valence-electron chi connectivity index (χ4n) is 4.20. The van der Waals surface area contributed by atoms with E-state index in [9.17, 15) is 4.39 Å². The minimum atomic E-state index is -0.182. The van der Waals surface area contributed by atoms with Gasteiger partial charge < -0.3 is 14.2 Å². The highest BCUT2D eigenvalue weighted by Crippen LogP contribution is 2.50. The van der Waals surface area contributed by atoms with Crippen molar-refractivity contribution < 1.29 is 9.13 Å². The van der Waals surface area contributed by atoms with Crippen LogP contribution in [0.3, 0.4) is 0 Å². The Morgan fingerprint density at radius 2 is 2.00 bits per heavy atom. The van der Waals surface area contributed by atoms with Crippen molar-refractivity contribution in [2.75, 3.05) is 32.5 Å². The van der Waals surface area contributed by atoms with Gasteiger partial charge in [-0.25, -0.2) is 4.39 Å². The third kappa shape index (κ3) is 5.51. The number of thioether (sulfide) groups is 1. The van der Waals surface area contributed by atoms with E-state index in [1.54, 1.807) is 23.9 Å². The van der Waals surface area contributed by atoms with E-state index in [0.717, 1.165) is 59.5 Å². The van der Waals surface area contributed by atoms with Gasteiger partial charge >= 0.3 is 0 Å². The lowest BCUT2D eigenvalue weighted by Gasteiger charge is -2.17. The minimum Gasteiger partial charge on any atom is -0.494 e. The summed E-state index contributed by atoms with van der Waals surface area (Å²) in [4.78, 5) is 2.39. The highest BCUT2D eigenvalue weighted by Gasteiger charge is 2.40. The van der Waals surface area contributed by atoms with Gasteiger partial charge in [0, 0.05) is 30.5 Å². The molecule has 170 valence electrons. The van der Waals surface area contributed by atoms with Crippen molar-refractivity contribution in [3.8, 4) is 17.1 Å². The molecule has 2 aromatic carbocycles. The van der Waals surface area contributed by atoms with Crippen LogP contribution in [0.1, 0.15) is 31.2 Å². The first-order valence-corrected chi connectivity index (χ1v) is 12.2. The van der Waals surface area contributed by atoms with Crippen LogP contribution in [0, 0.1) is 11.7 Å². The van der Waals surface area contributed by atoms with Gasteiger partial charge in [0.1, 0.15) is 11.6 Å². The zero-order chi connectivity index (χ0) is 22.5. The molecule has 32 heavy (non-hydrogen) atoms. The van der Waals surface area contributed by atoms with Crippen LogP contribution in [0.25, 0.3) is 11.4 Å². The number of benzene rings is 2. The SMILES string of the molecule is CCOc1ccc(F)cc1C1CC1CN(C)CCCSc1nnc(-c2ccccc2)n1C. The molecule has 0 aliphatic heterocycles. The van der Waals surface area contributed by atoms with Gasteiger partial charge in [-0.05, 0) is 63.4 Å². The lowest BCUT2D eigenvalue weighted by molar-refractivity contribution is 0.316. The third-order valence-corrected chi connectivity index (χ3v) is 7.03. The molecule has 1 aromatic heterocycles. The van der Waals surface area contributed by atoms with Gasteiger partial charge in [0.05, 0.1) is 6.61 Å². The highest BCUT2D eigenvalue weighted by atomic mass is 32.2. The number of hydrogen-bond acceptors (Lipinski definition) is 5. The number of hydrogen-bond donors (Lipinski definition) is 0. The fraction of sp³-hybridized carbons (Fsp3) is 0.440. The van der Waals surface area contributed by atoms with Crippen LogP contribution in [-0.2, 0) is 7.05 Å². The highest BCUT2D eigenvalue weighted by molar-refractivity contribution is 7.99. The summed E-state index contributed by atoms with van der Waals surface area (Å²) in [6, 6.07) is 15.0. The number of ether oxygens (including phenoxy) is 1. The molecule has 0 saturated heterocycles. The summed E-state index contributed by atoms with van der Waals surface area (Å²) in [5, 5.41) is 9.66. The zero-order valence-electron chi connectivity index (χ0n) is 19.0. The van der Waals surface area contributed by atoms with E-state index in [4.69, 9.17) is 4.74 Å². The number of aromatic nitrogens is 3. The van der Waals surface area contributed by atoms with E-state index in [0.29, 0.717) is 18.4 Å². The molecule has 2 unspecified atom stereocenters. The van der Waals surface area contributed by atoms with E-state index in [1.165, 1.54) is 6.07 Å².